The fraction of sp³-hybridized carbons (Fsp3) is 0.182. The molecule has 0 spiro atoms. The molecule has 1 aromatic carbocycles. The Balaban J connectivity index is 1.81. The van der Waals surface area contributed by atoms with Crippen LogP contribution in [0.2, 0.25) is 0 Å². The van der Waals surface area contributed by atoms with Gasteiger partial charge in [0.25, 0.3) is 11.6 Å². The van der Waals surface area contributed by atoms with Crippen LogP contribution in [0.1, 0.15) is 40.3 Å². The fourth-order valence-corrected chi connectivity index (χ4v) is 3.35. The van der Waals surface area contributed by atoms with E-state index in [9.17, 15) is 18.0 Å². The molecular formula is C22H17F3N4O2. The third-order valence-electron chi connectivity index (χ3n) is 4.85. The van der Waals surface area contributed by atoms with E-state index in [0.717, 1.165) is 6.07 Å². The minimum absolute atomic E-state index is 0.0115. The normalized spacial score (nSPS) is 12.7. The maximum absolute atomic E-state index is 13.5. The Labute approximate surface area is 175 Å². The number of rotatable bonds is 4. The quantitative estimate of drug-likeness (QED) is 0.491. The third-order valence-corrected chi connectivity index (χ3v) is 4.85. The smallest absolute Gasteiger partial charge is 0.344 e. The molecule has 9 heteroatoms. The number of fused-ring (bicyclic) bond motifs is 1. The van der Waals surface area contributed by atoms with Crippen LogP contribution in [0.15, 0.2) is 59.3 Å². The van der Waals surface area contributed by atoms with E-state index in [1.54, 1.807) is 38.2 Å². The topological polar surface area (TPSA) is 80.9 Å². The molecule has 0 fully saturated rings. The van der Waals surface area contributed by atoms with Gasteiger partial charge in [-0.15, -0.1) is 0 Å². The molecule has 0 radical (unpaired) electrons. The van der Waals surface area contributed by atoms with Gasteiger partial charge < -0.3 is 9.84 Å². The van der Waals surface area contributed by atoms with Crippen molar-refractivity contribution in [3.63, 3.8) is 0 Å². The predicted molar refractivity (Wildman–Crippen MR) is 107 cm³/mol. The van der Waals surface area contributed by atoms with Crippen LogP contribution in [0.4, 0.5) is 13.2 Å². The number of hydrogen-bond acceptors (Lipinski definition) is 5. The van der Waals surface area contributed by atoms with Crippen molar-refractivity contribution in [3.8, 4) is 11.3 Å². The number of amides is 1. The van der Waals surface area contributed by atoms with E-state index < -0.39 is 23.7 Å². The second-order valence-electron chi connectivity index (χ2n) is 7.00. The van der Waals surface area contributed by atoms with E-state index in [2.05, 4.69) is 20.4 Å². The zero-order valence-corrected chi connectivity index (χ0v) is 16.6. The summed E-state index contributed by atoms with van der Waals surface area (Å²) >= 11 is 0. The Kier molecular flexibility index (Phi) is 5.18. The van der Waals surface area contributed by atoms with Crippen molar-refractivity contribution in [2.24, 2.45) is 0 Å². The van der Waals surface area contributed by atoms with Gasteiger partial charge in [0.05, 0.1) is 39.6 Å². The van der Waals surface area contributed by atoms with E-state index in [1.807, 2.05) is 0 Å². The number of alkyl halides is 3. The average molecular weight is 426 g/mol. The molecule has 1 unspecified atom stereocenters. The summed E-state index contributed by atoms with van der Waals surface area (Å²) in [6, 6.07) is 11.3. The van der Waals surface area contributed by atoms with Crippen molar-refractivity contribution in [1.29, 1.82) is 0 Å². The van der Waals surface area contributed by atoms with Crippen molar-refractivity contribution in [2.75, 3.05) is 0 Å². The summed E-state index contributed by atoms with van der Waals surface area (Å²) in [5.74, 6) is -0.498. The maximum atomic E-state index is 13.5. The Morgan fingerprint density at radius 3 is 2.58 bits per heavy atom. The summed E-state index contributed by atoms with van der Waals surface area (Å²) in [5.41, 5.74) is 0.122. The highest BCUT2D eigenvalue weighted by Gasteiger charge is 2.34. The predicted octanol–water partition coefficient (Wildman–Crippen LogP) is 5.10. The fourth-order valence-electron chi connectivity index (χ4n) is 3.35. The van der Waals surface area contributed by atoms with Crippen molar-refractivity contribution < 1.29 is 22.5 Å². The van der Waals surface area contributed by atoms with E-state index in [-0.39, 0.29) is 22.5 Å². The zero-order valence-electron chi connectivity index (χ0n) is 16.6. The first-order valence-corrected chi connectivity index (χ1v) is 9.41. The summed E-state index contributed by atoms with van der Waals surface area (Å²) in [6.07, 6.45) is -2.97. The second kappa shape index (κ2) is 7.82. The number of pyridine rings is 2. The molecule has 0 aliphatic heterocycles. The standard InChI is InChI=1S/C22H17F3N4O2/c1-12(17-9-5-6-10-26-17)27-20(30)15-11-18(28-21-19(15)13(2)29-31-21)14-7-3-4-8-16(14)22(23,24)25/h3-12H,1-2H3,(H,27,30). The molecule has 0 bridgehead atoms. The summed E-state index contributed by atoms with van der Waals surface area (Å²) in [6.45, 7) is 3.40. The van der Waals surface area contributed by atoms with Gasteiger partial charge in [-0.1, -0.05) is 29.4 Å². The monoisotopic (exact) mass is 426 g/mol. The Morgan fingerprint density at radius 1 is 1.13 bits per heavy atom. The minimum atomic E-state index is -4.58. The Morgan fingerprint density at radius 2 is 1.87 bits per heavy atom. The number of carbonyl (C=O) groups is 1. The number of hydrogen-bond donors (Lipinski definition) is 1. The molecular weight excluding hydrogens is 409 g/mol. The van der Waals surface area contributed by atoms with Crippen LogP contribution in [0.25, 0.3) is 22.4 Å². The van der Waals surface area contributed by atoms with Crippen LogP contribution in [-0.4, -0.2) is 21.0 Å². The number of nitrogens with one attached hydrogen (secondary N) is 1. The summed E-state index contributed by atoms with van der Waals surface area (Å²) in [5, 5.41) is 7.00. The van der Waals surface area contributed by atoms with Crippen LogP contribution in [0.5, 0.6) is 0 Å². The molecule has 0 aliphatic carbocycles. The first-order valence-electron chi connectivity index (χ1n) is 9.41. The van der Waals surface area contributed by atoms with Gasteiger partial charge in [0.2, 0.25) is 0 Å². The zero-order chi connectivity index (χ0) is 22.2. The number of aryl methyl sites for hydroxylation is 1. The number of nitrogens with zero attached hydrogens (tertiary/aromatic N) is 3. The molecule has 1 atom stereocenters. The maximum Gasteiger partial charge on any atom is 0.417 e. The second-order valence-corrected chi connectivity index (χ2v) is 7.00. The lowest BCUT2D eigenvalue weighted by molar-refractivity contribution is -0.137. The molecule has 3 heterocycles. The van der Waals surface area contributed by atoms with Gasteiger partial charge >= 0.3 is 6.18 Å². The van der Waals surface area contributed by atoms with E-state index in [0.29, 0.717) is 16.8 Å². The average Bonchev–Trinajstić information content (AvgIpc) is 3.14. The van der Waals surface area contributed by atoms with E-state index in [1.165, 1.54) is 24.3 Å². The third kappa shape index (κ3) is 3.98. The number of halogens is 3. The molecule has 0 aliphatic rings. The van der Waals surface area contributed by atoms with Crippen LogP contribution in [0.3, 0.4) is 0 Å². The molecule has 4 rings (SSSR count). The van der Waals surface area contributed by atoms with Gasteiger partial charge in [0.15, 0.2) is 0 Å². The highest BCUT2D eigenvalue weighted by atomic mass is 19.4. The SMILES string of the molecule is Cc1noc2nc(-c3ccccc3C(F)(F)F)cc(C(=O)NC(C)c3ccccn3)c12. The Bertz CT molecular complexity index is 1250. The van der Waals surface area contributed by atoms with Crippen molar-refractivity contribution in [1.82, 2.24) is 20.4 Å². The van der Waals surface area contributed by atoms with Crippen molar-refractivity contribution >= 4 is 17.0 Å². The molecule has 1 amide bonds. The van der Waals surface area contributed by atoms with Gasteiger partial charge in [-0.2, -0.15) is 13.2 Å². The van der Waals surface area contributed by atoms with Crippen molar-refractivity contribution in [3.05, 3.63) is 77.2 Å². The summed E-state index contributed by atoms with van der Waals surface area (Å²) < 4.78 is 45.7. The molecule has 0 saturated carbocycles. The Hall–Kier alpha value is -3.75. The largest absolute Gasteiger partial charge is 0.417 e. The van der Waals surface area contributed by atoms with Crippen LogP contribution in [-0.2, 0) is 6.18 Å². The first-order chi connectivity index (χ1) is 14.8. The molecule has 0 saturated heterocycles. The van der Waals surface area contributed by atoms with Gasteiger partial charge in [0, 0.05) is 11.8 Å². The van der Waals surface area contributed by atoms with Gasteiger partial charge in [-0.25, -0.2) is 4.98 Å². The molecule has 6 nitrogen and oxygen atoms in total. The highest BCUT2D eigenvalue weighted by Crippen LogP contribution is 2.37. The lowest BCUT2D eigenvalue weighted by atomic mass is 10.0. The number of carbonyl (C=O) groups excluding carboxylic acids is 1. The minimum Gasteiger partial charge on any atom is -0.344 e. The number of benzene rings is 1. The first kappa shape index (κ1) is 20.5. The highest BCUT2D eigenvalue weighted by molar-refractivity contribution is 6.07. The van der Waals surface area contributed by atoms with Gasteiger partial charge in [0.1, 0.15) is 0 Å². The molecule has 158 valence electrons. The summed E-state index contributed by atoms with van der Waals surface area (Å²) in [4.78, 5) is 21.5. The van der Waals surface area contributed by atoms with Crippen LogP contribution >= 0.6 is 0 Å². The molecule has 3 aromatic heterocycles. The van der Waals surface area contributed by atoms with Crippen LogP contribution < -0.4 is 5.32 Å². The molecule has 31 heavy (non-hydrogen) atoms. The molecule has 1 N–H and O–H groups in total. The molecule has 4 aromatic rings. The summed E-state index contributed by atoms with van der Waals surface area (Å²) in [7, 11) is 0. The van der Waals surface area contributed by atoms with E-state index >= 15 is 0 Å². The lowest BCUT2D eigenvalue weighted by Gasteiger charge is -2.15. The lowest BCUT2D eigenvalue weighted by Crippen LogP contribution is -2.27. The van der Waals surface area contributed by atoms with Crippen molar-refractivity contribution in [2.45, 2.75) is 26.1 Å². The van der Waals surface area contributed by atoms with E-state index in [4.69, 9.17) is 4.52 Å². The number of aromatic nitrogens is 3. The van der Waals surface area contributed by atoms with Crippen LogP contribution in [0, 0.1) is 6.92 Å². The van der Waals surface area contributed by atoms with Gasteiger partial charge in [-0.05, 0) is 38.1 Å². The van der Waals surface area contributed by atoms with Gasteiger partial charge in [-0.3, -0.25) is 9.78 Å².